The largest absolute Gasteiger partial charge is 0.316 e. The molecule has 0 bridgehead atoms. The van der Waals surface area contributed by atoms with Crippen LogP contribution in [0, 0.1) is 18.6 Å². The van der Waals surface area contributed by atoms with Crippen molar-refractivity contribution in [1.29, 1.82) is 0 Å². The molecule has 1 aromatic carbocycles. The Morgan fingerprint density at radius 3 is 2.95 bits per heavy atom. The zero-order chi connectivity index (χ0) is 13.4. The third-order valence-electron chi connectivity index (χ3n) is 3.41. The van der Waals surface area contributed by atoms with Crippen LogP contribution in [0.15, 0.2) is 18.2 Å². The van der Waals surface area contributed by atoms with E-state index in [4.69, 9.17) is 0 Å². The van der Waals surface area contributed by atoms with Crippen molar-refractivity contribution in [2.45, 2.75) is 19.3 Å². The lowest BCUT2D eigenvalue weighted by Crippen LogP contribution is -2.07. The van der Waals surface area contributed by atoms with Gasteiger partial charge in [-0.25, -0.2) is 13.8 Å². The number of benzene rings is 1. The molecule has 1 aliphatic rings. The second-order valence-corrected chi connectivity index (χ2v) is 6.01. The number of nitrogens with zero attached hydrogens (tertiary/aromatic N) is 1. The molecule has 0 saturated carbocycles. The van der Waals surface area contributed by atoms with Gasteiger partial charge in [0.05, 0.1) is 10.7 Å². The van der Waals surface area contributed by atoms with Crippen molar-refractivity contribution in [2.24, 2.45) is 0 Å². The first-order valence-electron chi connectivity index (χ1n) is 6.28. The van der Waals surface area contributed by atoms with E-state index in [1.54, 1.807) is 11.3 Å². The van der Waals surface area contributed by atoms with Gasteiger partial charge in [0.25, 0.3) is 0 Å². The van der Waals surface area contributed by atoms with E-state index in [0.717, 1.165) is 41.5 Å². The topological polar surface area (TPSA) is 24.9 Å². The van der Waals surface area contributed by atoms with Gasteiger partial charge in [0.1, 0.15) is 11.6 Å². The molecular weight excluding hydrogens is 266 g/mol. The number of nitrogens with one attached hydrogen (secondary N) is 1. The molecule has 0 amide bonds. The number of hydrogen-bond donors (Lipinski definition) is 1. The van der Waals surface area contributed by atoms with E-state index in [9.17, 15) is 8.78 Å². The smallest absolute Gasteiger partial charge is 0.132 e. The van der Waals surface area contributed by atoms with Gasteiger partial charge in [0, 0.05) is 22.9 Å². The number of aromatic nitrogens is 1. The van der Waals surface area contributed by atoms with Gasteiger partial charge in [-0.1, -0.05) is 0 Å². The molecule has 1 atom stereocenters. The Balaban J connectivity index is 2.02. The lowest BCUT2D eigenvalue weighted by molar-refractivity contribution is 0.602. The predicted molar refractivity (Wildman–Crippen MR) is 72.4 cm³/mol. The van der Waals surface area contributed by atoms with E-state index in [0.29, 0.717) is 11.6 Å². The van der Waals surface area contributed by atoms with Gasteiger partial charge < -0.3 is 5.32 Å². The predicted octanol–water partition coefficient (Wildman–Crippen LogP) is 3.47. The highest BCUT2D eigenvalue weighted by atomic mass is 32.1. The van der Waals surface area contributed by atoms with Gasteiger partial charge >= 0.3 is 0 Å². The van der Waals surface area contributed by atoms with E-state index >= 15 is 0 Å². The molecule has 1 aliphatic heterocycles. The zero-order valence-corrected chi connectivity index (χ0v) is 11.4. The van der Waals surface area contributed by atoms with Crippen LogP contribution in [0.25, 0.3) is 11.3 Å². The van der Waals surface area contributed by atoms with Crippen LogP contribution in [0.4, 0.5) is 8.78 Å². The van der Waals surface area contributed by atoms with Crippen molar-refractivity contribution in [3.8, 4) is 11.3 Å². The Labute approximate surface area is 114 Å². The van der Waals surface area contributed by atoms with E-state index in [1.807, 2.05) is 6.92 Å². The summed E-state index contributed by atoms with van der Waals surface area (Å²) >= 11 is 1.58. The maximum Gasteiger partial charge on any atom is 0.132 e. The molecule has 0 radical (unpaired) electrons. The summed E-state index contributed by atoms with van der Waals surface area (Å²) < 4.78 is 27.1. The number of rotatable bonds is 2. The maximum absolute atomic E-state index is 13.8. The molecule has 3 rings (SSSR count). The summed E-state index contributed by atoms with van der Waals surface area (Å²) in [5, 5.41) is 4.31. The van der Waals surface area contributed by atoms with Crippen LogP contribution < -0.4 is 5.32 Å². The van der Waals surface area contributed by atoms with E-state index in [1.165, 1.54) is 6.07 Å². The Morgan fingerprint density at radius 1 is 1.37 bits per heavy atom. The molecule has 2 heterocycles. The second-order valence-electron chi connectivity index (χ2n) is 4.77. The third-order valence-corrected chi connectivity index (χ3v) is 4.54. The zero-order valence-electron chi connectivity index (χ0n) is 10.5. The number of thiazole rings is 1. The van der Waals surface area contributed by atoms with Crippen LogP contribution in [0.3, 0.4) is 0 Å². The Kier molecular flexibility index (Phi) is 3.33. The molecule has 1 unspecified atom stereocenters. The van der Waals surface area contributed by atoms with Gasteiger partial charge in [-0.2, -0.15) is 0 Å². The molecule has 5 heteroatoms. The monoisotopic (exact) mass is 280 g/mol. The van der Waals surface area contributed by atoms with Crippen LogP contribution in [0.5, 0.6) is 0 Å². The lowest BCUT2D eigenvalue weighted by atomic mass is 10.1. The normalized spacial score (nSPS) is 19.0. The Bertz CT molecular complexity index is 603. The van der Waals surface area contributed by atoms with Crippen LogP contribution >= 0.6 is 11.3 Å². The van der Waals surface area contributed by atoms with E-state index in [-0.39, 0.29) is 5.56 Å². The summed E-state index contributed by atoms with van der Waals surface area (Å²) in [5.41, 5.74) is 0.829. The molecule has 1 fully saturated rings. The molecule has 1 N–H and O–H groups in total. The average Bonchev–Trinajstić information content (AvgIpc) is 3.01. The van der Waals surface area contributed by atoms with Gasteiger partial charge in [-0.15, -0.1) is 11.3 Å². The van der Waals surface area contributed by atoms with Crippen molar-refractivity contribution in [1.82, 2.24) is 10.3 Å². The number of hydrogen-bond acceptors (Lipinski definition) is 3. The van der Waals surface area contributed by atoms with E-state index < -0.39 is 11.6 Å². The molecule has 1 aromatic heterocycles. The molecule has 2 nitrogen and oxygen atoms in total. The minimum Gasteiger partial charge on any atom is -0.316 e. The number of aryl methyl sites for hydroxylation is 1. The van der Waals surface area contributed by atoms with Gasteiger partial charge in [0.15, 0.2) is 0 Å². The van der Waals surface area contributed by atoms with Gasteiger partial charge in [-0.3, -0.25) is 0 Å². The quantitative estimate of drug-likeness (QED) is 0.911. The average molecular weight is 280 g/mol. The van der Waals surface area contributed by atoms with Gasteiger partial charge in [-0.05, 0) is 38.1 Å². The first kappa shape index (κ1) is 12.7. The highest BCUT2D eigenvalue weighted by Crippen LogP contribution is 2.34. The maximum atomic E-state index is 13.8. The molecule has 19 heavy (non-hydrogen) atoms. The van der Waals surface area contributed by atoms with Crippen LogP contribution in [-0.2, 0) is 0 Å². The summed E-state index contributed by atoms with van der Waals surface area (Å²) in [4.78, 5) is 5.47. The van der Waals surface area contributed by atoms with Crippen molar-refractivity contribution in [2.75, 3.05) is 13.1 Å². The standard InChI is InChI=1S/C14H14F2N2S/c1-8-13(11-6-10(15)2-3-12(11)16)18-14(19-8)9-4-5-17-7-9/h2-3,6,9,17H,4-5,7H2,1H3. The summed E-state index contributed by atoms with van der Waals surface area (Å²) in [6, 6.07) is 3.50. The first-order chi connectivity index (χ1) is 9.15. The van der Waals surface area contributed by atoms with Crippen LogP contribution in [0.1, 0.15) is 22.2 Å². The minimum atomic E-state index is -0.437. The minimum absolute atomic E-state index is 0.256. The summed E-state index contributed by atoms with van der Waals surface area (Å²) in [7, 11) is 0. The lowest BCUT2D eigenvalue weighted by Gasteiger charge is -2.03. The molecule has 0 aliphatic carbocycles. The molecule has 100 valence electrons. The third kappa shape index (κ3) is 2.40. The van der Waals surface area contributed by atoms with Crippen LogP contribution in [-0.4, -0.2) is 18.1 Å². The molecular formula is C14H14F2N2S. The fourth-order valence-corrected chi connectivity index (χ4v) is 3.46. The highest BCUT2D eigenvalue weighted by Gasteiger charge is 2.22. The summed E-state index contributed by atoms with van der Waals surface area (Å²) in [6.45, 7) is 3.81. The van der Waals surface area contributed by atoms with Crippen molar-refractivity contribution >= 4 is 11.3 Å². The molecule has 0 spiro atoms. The molecule has 2 aromatic rings. The fraction of sp³-hybridized carbons (Fsp3) is 0.357. The summed E-state index contributed by atoms with van der Waals surface area (Å²) in [6.07, 6.45) is 1.05. The second kappa shape index (κ2) is 4.98. The van der Waals surface area contributed by atoms with Crippen LogP contribution in [0.2, 0.25) is 0 Å². The number of halogens is 2. The van der Waals surface area contributed by atoms with E-state index in [2.05, 4.69) is 10.3 Å². The molecule has 1 saturated heterocycles. The van der Waals surface area contributed by atoms with Gasteiger partial charge in [0.2, 0.25) is 0 Å². The highest BCUT2D eigenvalue weighted by molar-refractivity contribution is 7.12. The SMILES string of the molecule is Cc1sc(C2CCNC2)nc1-c1cc(F)ccc1F. The Morgan fingerprint density at radius 2 is 2.21 bits per heavy atom. The van der Waals surface area contributed by atoms with Crippen molar-refractivity contribution < 1.29 is 8.78 Å². The summed E-state index contributed by atoms with van der Waals surface area (Å²) in [5.74, 6) is -0.465. The van der Waals surface area contributed by atoms with Crippen molar-refractivity contribution in [3.63, 3.8) is 0 Å². The first-order valence-corrected chi connectivity index (χ1v) is 7.10. The Hall–Kier alpha value is -1.33. The van der Waals surface area contributed by atoms with Crippen molar-refractivity contribution in [3.05, 3.63) is 39.7 Å². The fourth-order valence-electron chi connectivity index (χ4n) is 2.39.